The van der Waals surface area contributed by atoms with E-state index in [2.05, 4.69) is 5.32 Å². The van der Waals surface area contributed by atoms with Gasteiger partial charge in [-0.05, 0) is 36.4 Å². The molecule has 0 saturated heterocycles. The van der Waals surface area contributed by atoms with E-state index in [0.29, 0.717) is 28.7 Å². The van der Waals surface area contributed by atoms with Gasteiger partial charge in [-0.2, -0.15) is 0 Å². The molecule has 1 aliphatic heterocycles. The molecule has 0 aliphatic carbocycles. The van der Waals surface area contributed by atoms with Gasteiger partial charge in [-0.3, -0.25) is 4.79 Å². The topological polar surface area (TPSA) is 90.2 Å². The summed E-state index contributed by atoms with van der Waals surface area (Å²) in [4.78, 5) is 12.2. The van der Waals surface area contributed by atoms with Gasteiger partial charge in [-0.1, -0.05) is 12.1 Å². The fourth-order valence-corrected chi connectivity index (χ4v) is 2.46. The Bertz CT molecular complexity index is 949. The molecular weight excluding hydrogens is 338 g/mol. The average molecular weight is 353 g/mol. The quantitative estimate of drug-likeness (QED) is 0.682. The first-order valence-electron chi connectivity index (χ1n) is 7.89. The molecule has 132 valence electrons. The Labute approximate surface area is 148 Å². The number of hydrogen-bond acceptors (Lipinski definition) is 6. The first-order valence-corrected chi connectivity index (χ1v) is 7.89. The molecule has 0 spiro atoms. The van der Waals surface area contributed by atoms with Crippen molar-refractivity contribution in [3.63, 3.8) is 0 Å². The number of carbonyl (C=O) groups excluding carboxylic acids is 1. The summed E-state index contributed by atoms with van der Waals surface area (Å²) in [6.07, 6.45) is 0. The Morgan fingerprint density at radius 3 is 2.81 bits per heavy atom. The minimum atomic E-state index is -0.458. The lowest BCUT2D eigenvalue weighted by molar-refractivity contribution is 0.0992. The van der Waals surface area contributed by atoms with Crippen LogP contribution in [0.2, 0.25) is 0 Å². The summed E-state index contributed by atoms with van der Waals surface area (Å²) in [7, 11) is 0. The summed E-state index contributed by atoms with van der Waals surface area (Å²) < 4.78 is 21.7. The molecule has 7 nitrogen and oxygen atoms in total. The lowest BCUT2D eigenvalue weighted by Crippen LogP contribution is -2.10. The van der Waals surface area contributed by atoms with Crippen molar-refractivity contribution in [2.45, 2.75) is 6.61 Å². The van der Waals surface area contributed by atoms with Gasteiger partial charge in [-0.25, -0.2) is 0 Å². The van der Waals surface area contributed by atoms with Crippen molar-refractivity contribution >= 4 is 11.6 Å². The molecule has 0 saturated carbocycles. The van der Waals surface area contributed by atoms with Crippen molar-refractivity contribution in [2.75, 3.05) is 12.1 Å². The Morgan fingerprint density at radius 1 is 1.08 bits per heavy atom. The van der Waals surface area contributed by atoms with Crippen LogP contribution in [0.3, 0.4) is 0 Å². The highest BCUT2D eigenvalue weighted by molar-refractivity contribution is 6.03. The number of amides is 1. The number of phenols is 1. The SMILES string of the molecule is O=C(Nc1ccccc1O)c1ccc(COc2ccc3c(c2)OCO3)o1. The molecule has 7 heteroatoms. The molecule has 0 atom stereocenters. The Balaban J connectivity index is 1.38. The van der Waals surface area contributed by atoms with E-state index in [0.717, 1.165) is 0 Å². The highest BCUT2D eigenvalue weighted by Gasteiger charge is 2.15. The van der Waals surface area contributed by atoms with Crippen LogP contribution in [-0.2, 0) is 6.61 Å². The van der Waals surface area contributed by atoms with Crippen LogP contribution in [-0.4, -0.2) is 17.8 Å². The molecular formula is C19H15NO6. The van der Waals surface area contributed by atoms with Crippen molar-refractivity contribution in [1.82, 2.24) is 0 Å². The summed E-state index contributed by atoms with van der Waals surface area (Å²) >= 11 is 0. The van der Waals surface area contributed by atoms with E-state index in [1.807, 2.05) is 0 Å². The van der Waals surface area contributed by atoms with Crippen LogP contribution >= 0.6 is 0 Å². The lowest BCUT2D eigenvalue weighted by Gasteiger charge is -2.06. The van der Waals surface area contributed by atoms with Gasteiger partial charge in [0.1, 0.15) is 23.9 Å². The molecule has 1 aromatic heterocycles. The van der Waals surface area contributed by atoms with Crippen LogP contribution in [0.15, 0.2) is 59.0 Å². The van der Waals surface area contributed by atoms with E-state index in [9.17, 15) is 9.90 Å². The molecule has 26 heavy (non-hydrogen) atoms. The zero-order valence-corrected chi connectivity index (χ0v) is 13.6. The molecule has 1 aliphatic rings. The zero-order chi connectivity index (χ0) is 17.9. The van der Waals surface area contributed by atoms with Crippen LogP contribution in [0, 0.1) is 0 Å². The van der Waals surface area contributed by atoms with Crippen LogP contribution in [0.4, 0.5) is 5.69 Å². The highest BCUT2D eigenvalue weighted by Crippen LogP contribution is 2.35. The number of carbonyl (C=O) groups is 1. The number of ether oxygens (including phenoxy) is 3. The summed E-state index contributed by atoms with van der Waals surface area (Å²) in [5.74, 6) is 2.05. The van der Waals surface area contributed by atoms with E-state index < -0.39 is 5.91 Å². The Morgan fingerprint density at radius 2 is 1.92 bits per heavy atom. The smallest absolute Gasteiger partial charge is 0.291 e. The summed E-state index contributed by atoms with van der Waals surface area (Å²) in [6, 6.07) is 14.9. The number of hydrogen-bond donors (Lipinski definition) is 2. The lowest BCUT2D eigenvalue weighted by atomic mass is 10.3. The van der Waals surface area contributed by atoms with E-state index in [1.54, 1.807) is 48.5 Å². The van der Waals surface area contributed by atoms with E-state index in [1.165, 1.54) is 6.07 Å². The predicted molar refractivity (Wildman–Crippen MR) is 91.7 cm³/mol. The first-order chi connectivity index (χ1) is 12.7. The van der Waals surface area contributed by atoms with Gasteiger partial charge >= 0.3 is 0 Å². The second-order valence-corrected chi connectivity index (χ2v) is 5.54. The number of fused-ring (bicyclic) bond motifs is 1. The molecule has 2 aromatic carbocycles. The molecule has 0 unspecified atom stereocenters. The Kier molecular flexibility index (Phi) is 4.10. The zero-order valence-electron chi connectivity index (χ0n) is 13.6. The number of para-hydroxylation sites is 2. The number of nitrogens with one attached hydrogen (secondary N) is 1. The highest BCUT2D eigenvalue weighted by atomic mass is 16.7. The fraction of sp³-hybridized carbons (Fsp3) is 0.105. The van der Waals surface area contributed by atoms with Gasteiger partial charge in [0.2, 0.25) is 6.79 Å². The third kappa shape index (κ3) is 3.27. The minimum Gasteiger partial charge on any atom is -0.506 e. The maximum Gasteiger partial charge on any atom is 0.291 e. The number of furan rings is 1. The third-order valence-electron chi connectivity index (χ3n) is 3.76. The Hall–Kier alpha value is -3.61. The van der Waals surface area contributed by atoms with Crippen molar-refractivity contribution in [3.8, 4) is 23.0 Å². The third-order valence-corrected chi connectivity index (χ3v) is 3.76. The van der Waals surface area contributed by atoms with E-state index in [-0.39, 0.29) is 24.9 Å². The van der Waals surface area contributed by atoms with Gasteiger partial charge in [0.15, 0.2) is 17.3 Å². The molecule has 2 heterocycles. The molecule has 0 radical (unpaired) electrons. The molecule has 4 rings (SSSR count). The van der Waals surface area contributed by atoms with Gasteiger partial charge in [-0.15, -0.1) is 0 Å². The number of anilines is 1. The van der Waals surface area contributed by atoms with Crippen LogP contribution < -0.4 is 19.5 Å². The first kappa shape index (κ1) is 15.9. The predicted octanol–water partition coefficient (Wildman–Crippen LogP) is 3.55. The number of benzene rings is 2. The largest absolute Gasteiger partial charge is 0.506 e. The maximum atomic E-state index is 12.2. The molecule has 0 fully saturated rings. The van der Waals surface area contributed by atoms with Crippen molar-refractivity contribution in [1.29, 1.82) is 0 Å². The number of rotatable bonds is 5. The van der Waals surface area contributed by atoms with Crippen LogP contribution in [0.5, 0.6) is 23.0 Å². The van der Waals surface area contributed by atoms with Gasteiger partial charge in [0.25, 0.3) is 5.91 Å². The molecule has 2 N–H and O–H groups in total. The number of phenolic OH excluding ortho intramolecular Hbond substituents is 1. The van der Waals surface area contributed by atoms with Crippen LogP contribution in [0.1, 0.15) is 16.3 Å². The monoisotopic (exact) mass is 353 g/mol. The molecule has 1 amide bonds. The molecule has 0 bridgehead atoms. The average Bonchev–Trinajstić information content (AvgIpc) is 3.30. The second-order valence-electron chi connectivity index (χ2n) is 5.54. The second kappa shape index (κ2) is 6.72. The van der Waals surface area contributed by atoms with Gasteiger partial charge in [0, 0.05) is 6.07 Å². The van der Waals surface area contributed by atoms with Crippen molar-refractivity contribution in [3.05, 3.63) is 66.1 Å². The van der Waals surface area contributed by atoms with Crippen molar-refractivity contribution < 1.29 is 28.5 Å². The normalized spacial score (nSPS) is 12.0. The summed E-state index contributed by atoms with van der Waals surface area (Å²) in [5.41, 5.74) is 0.312. The van der Waals surface area contributed by atoms with Crippen LogP contribution in [0.25, 0.3) is 0 Å². The van der Waals surface area contributed by atoms with E-state index in [4.69, 9.17) is 18.6 Å². The maximum absolute atomic E-state index is 12.2. The van der Waals surface area contributed by atoms with Gasteiger partial charge in [0.05, 0.1) is 5.69 Å². The fourth-order valence-electron chi connectivity index (χ4n) is 2.46. The summed E-state index contributed by atoms with van der Waals surface area (Å²) in [6.45, 7) is 0.357. The summed E-state index contributed by atoms with van der Waals surface area (Å²) in [5, 5.41) is 12.3. The van der Waals surface area contributed by atoms with Gasteiger partial charge < -0.3 is 29.1 Å². The minimum absolute atomic E-state index is 0.0150. The van der Waals surface area contributed by atoms with Crippen molar-refractivity contribution in [2.24, 2.45) is 0 Å². The van der Waals surface area contributed by atoms with E-state index >= 15 is 0 Å². The number of aromatic hydroxyl groups is 1. The molecule has 3 aromatic rings. The standard InChI is InChI=1S/C19H15NO6/c21-15-4-2-1-3-14(15)20-19(22)17-8-6-13(26-17)10-23-12-5-7-16-18(9-12)25-11-24-16/h1-9,21H,10-11H2,(H,20,22).